The zero-order chi connectivity index (χ0) is 19.2. The van der Waals surface area contributed by atoms with Crippen LogP contribution in [0.15, 0.2) is 58.6 Å². The number of nitro benzene ring substituents is 1. The summed E-state index contributed by atoms with van der Waals surface area (Å²) in [6.45, 7) is 4.93. The van der Waals surface area contributed by atoms with Gasteiger partial charge >= 0.3 is 0 Å². The van der Waals surface area contributed by atoms with Crippen molar-refractivity contribution in [1.82, 2.24) is 0 Å². The summed E-state index contributed by atoms with van der Waals surface area (Å²) in [5.74, 6) is 0. The molecule has 1 heterocycles. The number of amidine groups is 1. The van der Waals surface area contributed by atoms with Crippen molar-refractivity contribution in [3.8, 4) is 0 Å². The maximum absolute atomic E-state index is 10.8. The molecule has 0 fully saturated rings. The van der Waals surface area contributed by atoms with Crippen LogP contribution in [0, 0.1) is 10.1 Å². The summed E-state index contributed by atoms with van der Waals surface area (Å²) in [4.78, 5) is 14.9. The van der Waals surface area contributed by atoms with E-state index in [9.17, 15) is 10.1 Å². The average Bonchev–Trinajstić information content (AvgIpc) is 3.14. The molecule has 1 aliphatic rings. The quantitative estimate of drug-likeness (QED) is 0.428. The molecule has 0 radical (unpaired) electrons. The van der Waals surface area contributed by atoms with E-state index in [1.165, 1.54) is 12.1 Å². The van der Waals surface area contributed by atoms with Crippen LogP contribution >= 0.6 is 11.8 Å². The van der Waals surface area contributed by atoms with Crippen molar-refractivity contribution in [1.29, 1.82) is 0 Å². The number of hydrogen-bond donors (Lipinski definition) is 2. The molecular formula is C19H21N5O2S. The molecule has 0 bridgehead atoms. The molecule has 2 N–H and O–H groups in total. The monoisotopic (exact) mass is 383 g/mol. The van der Waals surface area contributed by atoms with Gasteiger partial charge in [-0.25, -0.2) is 0 Å². The maximum Gasteiger partial charge on any atom is 0.271 e. The first-order valence-electron chi connectivity index (χ1n) is 8.68. The zero-order valence-corrected chi connectivity index (χ0v) is 16.0. The zero-order valence-electron chi connectivity index (χ0n) is 15.2. The Morgan fingerprint density at radius 2 is 2.07 bits per heavy atom. The van der Waals surface area contributed by atoms with Crippen LogP contribution in [0.4, 0.5) is 17.1 Å². The SMILES string of the molecule is CC[C@@H]1CN=C(Nc2ccc(/C(C)=N\Nc3cccc([N+](=O)[O-])c3)cc2)S1. The van der Waals surface area contributed by atoms with Crippen molar-refractivity contribution in [3.05, 3.63) is 64.2 Å². The van der Waals surface area contributed by atoms with Crippen LogP contribution in [0.25, 0.3) is 0 Å². The Morgan fingerprint density at radius 1 is 1.30 bits per heavy atom. The van der Waals surface area contributed by atoms with E-state index in [4.69, 9.17) is 0 Å². The van der Waals surface area contributed by atoms with Gasteiger partial charge in [-0.15, -0.1) is 0 Å². The molecule has 1 aliphatic heterocycles. The first kappa shape index (κ1) is 18.9. The molecule has 0 aliphatic carbocycles. The van der Waals surface area contributed by atoms with E-state index in [1.807, 2.05) is 31.2 Å². The number of hydrazone groups is 1. The minimum Gasteiger partial charge on any atom is -0.335 e. The van der Waals surface area contributed by atoms with Crippen LogP contribution < -0.4 is 10.7 Å². The van der Waals surface area contributed by atoms with E-state index in [-0.39, 0.29) is 5.69 Å². The van der Waals surface area contributed by atoms with E-state index in [0.717, 1.165) is 35.1 Å². The number of hydrogen-bond acceptors (Lipinski definition) is 7. The van der Waals surface area contributed by atoms with Crippen molar-refractivity contribution >= 4 is 39.7 Å². The van der Waals surface area contributed by atoms with Gasteiger partial charge in [-0.05, 0) is 37.1 Å². The molecule has 7 nitrogen and oxygen atoms in total. The summed E-state index contributed by atoms with van der Waals surface area (Å²) >= 11 is 1.78. The predicted octanol–water partition coefficient (Wildman–Crippen LogP) is 4.72. The number of nitrogens with one attached hydrogen (secondary N) is 2. The molecule has 2 aromatic rings. The number of non-ortho nitro benzene ring substituents is 1. The highest BCUT2D eigenvalue weighted by atomic mass is 32.2. The van der Waals surface area contributed by atoms with Crippen molar-refractivity contribution in [2.24, 2.45) is 10.1 Å². The number of nitrogens with zero attached hydrogens (tertiary/aromatic N) is 3. The van der Waals surface area contributed by atoms with Gasteiger partial charge in [0.25, 0.3) is 5.69 Å². The lowest BCUT2D eigenvalue weighted by Crippen LogP contribution is -2.07. The summed E-state index contributed by atoms with van der Waals surface area (Å²) in [6, 6.07) is 14.2. The number of nitro groups is 1. The van der Waals surface area contributed by atoms with Crippen LogP contribution in [-0.2, 0) is 0 Å². The van der Waals surface area contributed by atoms with E-state index in [1.54, 1.807) is 23.9 Å². The van der Waals surface area contributed by atoms with Gasteiger partial charge in [0.2, 0.25) is 0 Å². The fourth-order valence-electron chi connectivity index (χ4n) is 2.52. The Labute approximate surface area is 162 Å². The lowest BCUT2D eigenvalue weighted by molar-refractivity contribution is -0.384. The molecule has 1 atom stereocenters. The Hall–Kier alpha value is -2.87. The smallest absolute Gasteiger partial charge is 0.271 e. The molecular weight excluding hydrogens is 362 g/mol. The van der Waals surface area contributed by atoms with Crippen LogP contribution in [0.2, 0.25) is 0 Å². The number of thioether (sulfide) groups is 1. The van der Waals surface area contributed by atoms with Gasteiger partial charge in [-0.2, -0.15) is 5.10 Å². The highest BCUT2D eigenvalue weighted by Gasteiger charge is 2.17. The van der Waals surface area contributed by atoms with Crippen LogP contribution in [0.5, 0.6) is 0 Å². The largest absolute Gasteiger partial charge is 0.335 e. The van der Waals surface area contributed by atoms with Gasteiger partial charge in [0.05, 0.1) is 22.9 Å². The van der Waals surface area contributed by atoms with Gasteiger partial charge in [-0.1, -0.05) is 36.9 Å². The molecule has 0 aromatic heterocycles. The molecule has 27 heavy (non-hydrogen) atoms. The topological polar surface area (TPSA) is 91.9 Å². The minimum atomic E-state index is -0.427. The van der Waals surface area contributed by atoms with E-state index in [0.29, 0.717) is 10.9 Å². The maximum atomic E-state index is 10.8. The van der Waals surface area contributed by atoms with Gasteiger partial charge in [0, 0.05) is 23.1 Å². The van der Waals surface area contributed by atoms with Gasteiger partial charge in [0.15, 0.2) is 5.17 Å². The summed E-state index contributed by atoms with van der Waals surface area (Å²) in [5, 5.41) is 20.0. The third kappa shape index (κ3) is 5.07. The minimum absolute atomic E-state index is 0.0290. The molecule has 2 aromatic carbocycles. The van der Waals surface area contributed by atoms with Crippen LogP contribution in [0.1, 0.15) is 25.8 Å². The molecule has 0 spiro atoms. The van der Waals surface area contributed by atoms with Gasteiger partial charge in [0.1, 0.15) is 0 Å². The molecule has 140 valence electrons. The predicted molar refractivity (Wildman–Crippen MR) is 113 cm³/mol. The second-order valence-electron chi connectivity index (χ2n) is 6.11. The number of benzene rings is 2. The highest BCUT2D eigenvalue weighted by Crippen LogP contribution is 2.25. The molecule has 3 rings (SSSR count). The number of anilines is 2. The third-order valence-corrected chi connectivity index (χ3v) is 5.41. The lowest BCUT2D eigenvalue weighted by Gasteiger charge is -2.08. The van der Waals surface area contributed by atoms with Crippen molar-refractivity contribution in [2.45, 2.75) is 25.5 Å². The van der Waals surface area contributed by atoms with Gasteiger partial charge < -0.3 is 5.32 Å². The molecule has 0 saturated carbocycles. The molecule has 8 heteroatoms. The van der Waals surface area contributed by atoms with Crippen molar-refractivity contribution in [2.75, 3.05) is 17.3 Å². The standard InChI is InChI=1S/C19H21N5O2S/c1-3-18-12-20-19(27-18)21-15-9-7-14(8-10-15)13(2)22-23-16-5-4-6-17(11-16)24(25)26/h4-11,18,23H,3,12H2,1-2H3,(H,20,21)/b22-13-/t18-/m1/s1. The summed E-state index contributed by atoms with van der Waals surface area (Å²) in [6.07, 6.45) is 1.12. The Kier molecular flexibility index (Phi) is 6.08. The second-order valence-corrected chi connectivity index (χ2v) is 7.40. The Morgan fingerprint density at radius 3 is 2.74 bits per heavy atom. The normalized spacial score (nSPS) is 16.7. The third-order valence-electron chi connectivity index (χ3n) is 4.14. The summed E-state index contributed by atoms with van der Waals surface area (Å²) in [5.41, 5.74) is 6.20. The molecule has 0 amide bonds. The highest BCUT2D eigenvalue weighted by molar-refractivity contribution is 8.15. The van der Waals surface area contributed by atoms with E-state index < -0.39 is 4.92 Å². The summed E-state index contributed by atoms with van der Waals surface area (Å²) < 4.78 is 0. The van der Waals surface area contributed by atoms with Gasteiger partial charge in [-0.3, -0.25) is 20.5 Å². The van der Waals surface area contributed by atoms with Crippen molar-refractivity contribution in [3.63, 3.8) is 0 Å². The first-order chi connectivity index (χ1) is 13.0. The fourth-order valence-corrected chi connectivity index (χ4v) is 3.48. The second kappa shape index (κ2) is 8.68. The lowest BCUT2D eigenvalue weighted by atomic mass is 10.1. The average molecular weight is 383 g/mol. The van der Waals surface area contributed by atoms with Crippen LogP contribution in [0.3, 0.4) is 0 Å². The first-order valence-corrected chi connectivity index (χ1v) is 9.56. The van der Waals surface area contributed by atoms with Crippen molar-refractivity contribution < 1.29 is 4.92 Å². The fraction of sp³-hybridized carbons (Fsp3) is 0.263. The van der Waals surface area contributed by atoms with Crippen LogP contribution in [-0.4, -0.2) is 27.6 Å². The number of aliphatic imine (C=N–C) groups is 1. The Balaban J connectivity index is 1.61. The number of rotatable bonds is 6. The molecule has 0 saturated heterocycles. The van der Waals surface area contributed by atoms with E-state index >= 15 is 0 Å². The molecule has 0 unspecified atom stereocenters. The Bertz CT molecular complexity index is 880. The van der Waals surface area contributed by atoms with E-state index in [2.05, 4.69) is 27.8 Å². The summed E-state index contributed by atoms with van der Waals surface area (Å²) in [7, 11) is 0.